The van der Waals surface area contributed by atoms with Crippen molar-refractivity contribution in [3.8, 4) is 11.5 Å². The highest BCUT2D eigenvalue weighted by Gasteiger charge is 2.29. The molecule has 1 saturated carbocycles. The minimum atomic E-state index is -0.915. The van der Waals surface area contributed by atoms with E-state index in [0.717, 1.165) is 17.9 Å². The highest BCUT2D eigenvalue weighted by Crippen LogP contribution is 2.34. The zero-order valence-corrected chi connectivity index (χ0v) is 9.39. The Morgan fingerprint density at radius 1 is 1.47 bits per heavy atom. The Bertz CT molecular complexity index is 451. The summed E-state index contributed by atoms with van der Waals surface area (Å²) in [6.45, 7) is 0.751. The molecule has 1 atom stereocenters. The Balaban J connectivity index is 1.70. The summed E-state index contributed by atoms with van der Waals surface area (Å²) in [5, 5.41) is 8.88. The molecule has 3 rings (SSSR count). The molecule has 1 heterocycles. The van der Waals surface area contributed by atoms with Crippen molar-refractivity contribution in [2.24, 2.45) is 5.92 Å². The molecule has 0 spiro atoms. The Hall–Kier alpha value is -1.71. The van der Waals surface area contributed by atoms with Crippen LogP contribution in [0.25, 0.3) is 0 Å². The van der Waals surface area contributed by atoms with Crippen LogP contribution in [0.1, 0.15) is 18.4 Å². The van der Waals surface area contributed by atoms with Crippen LogP contribution in [0.4, 0.5) is 0 Å². The fourth-order valence-electron chi connectivity index (χ4n) is 1.93. The van der Waals surface area contributed by atoms with E-state index < -0.39 is 12.1 Å². The van der Waals surface area contributed by atoms with Gasteiger partial charge in [0.2, 0.25) is 0 Å². The van der Waals surface area contributed by atoms with Crippen molar-refractivity contribution in [3.05, 3.63) is 23.8 Å². The van der Waals surface area contributed by atoms with Crippen LogP contribution in [0.3, 0.4) is 0 Å². The van der Waals surface area contributed by atoms with Crippen molar-refractivity contribution in [3.63, 3.8) is 0 Å². The van der Waals surface area contributed by atoms with E-state index in [-0.39, 0.29) is 0 Å². The maximum absolute atomic E-state index is 10.8. The number of fused-ring (bicyclic) bond motifs is 1. The minimum absolute atomic E-state index is 0.438. The lowest BCUT2D eigenvalue weighted by Gasteiger charge is -2.07. The average Bonchev–Trinajstić information content (AvgIpc) is 3.03. The fourth-order valence-corrected chi connectivity index (χ4v) is 1.93. The molecule has 1 fully saturated rings. The molecule has 1 aliphatic heterocycles. The van der Waals surface area contributed by atoms with E-state index in [0.29, 0.717) is 18.1 Å². The van der Waals surface area contributed by atoms with Gasteiger partial charge in [-0.2, -0.15) is 0 Å². The summed E-state index contributed by atoms with van der Waals surface area (Å²) >= 11 is 0. The normalized spacial score (nSPS) is 21.8. The number of hydrogen-bond acceptors (Lipinski definition) is 3. The van der Waals surface area contributed by atoms with E-state index >= 15 is 0 Å². The second-order valence-electron chi connectivity index (χ2n) is 4.67. The van der Waals surface area contributed by atoms with Crippen molar-refractivity contribution >= 4 is 5.97 Å². The molecule has 1 aromatic rings. The van der Waals surface area contributed by atoms with Crippen LogP contribution in [0.15, 0.2) is 18.2 Å². The number of ether oxygens (including phenoxy) is 2. The quantitative estimate of drug-likeness (QED) is 0.864. The van der Waals surface area contributed by atoms with Gasteiger partial charge in [0, 0.05) is 12.5 Å². The lowest BCUT2D eigenvalue weighted by Crippen LogP contribution is -2.24. The fraction of sp³-hybridized carbons (Fsp3) is 0.462. The third-order valence-corrected chi connectivity index (χ3v) is 3.17. The van der Waals surface area contributed by atoms with Crippen LogP contribution in [0.5, 0.6) is 11.5 Å². The van der Waals surface area contributed by atoms with E-state index in [1.165, 1.54) is 12.8 Å². The second kappa shape index (κ2) is 3.95. The van der Waals surface area contributed by atoms with Crippen molar-refractivity contribution in [2.45, 2.75) is 25.4 Å². The van der Waals surface area contributed by atoms with Crippen molar-refractivity contribution in [1.82, 2.24) is 0 Å². The average molecular weight is 234 g/mol. The predicted octanol–water partition coefficient (Wildman–Crippen LogP) is 1.86. The van der Waals surface area contributed by atoms with Crippen LogP contribution in [-0.4, -0.2) is 23.8 Å². The third kappa shape index (κ3) is 2.20. The largest absolute Gasteiger partial charge is 0.493 e. The van der Waals surface area contributed by atoms with E-state index in [1.54, 1.807) is 6.07 Å². The number of carboxylic acid groups (broad SMARTS) is 1. The molecule has 17 heavy (non-hydrogen) atoms. The van der Waals surface area contributed by atoms with Crippen LogP contribution >= 0.6 is 0 Å². The first-order valence-corrected chi connectivity index (χ1v) is 5.87. The van der Waals surface area contributed by atoms with Crippen LogP contribution < -0.4 is 9.47 Å². The number of rotatable bonds is 4. The molecule has 0 radical (unpaired) electrons. The molecule has 1 aromatic carbocycles. The van der Waals surface area contributed by atoms with Crippen molar-refractivity contribution < 1.29 is 19.4 Å². The SMILES string of the molecule is O=C(O)C1Cc2ccc(OCC3CC3)cc2O1. The summed E-state index contributed by atoms with van der Waals surface area (Å²) in [6, 6.07) is 5.57. The highest BCUT2D eigenvalue weighted by atomic mass is 16.5. The topological polar surface area (TPSA) is 55.8 Å². The number of hydrogen-bond donors (Lipinski definition) is 1. The molecule has 90 valence electrons. The number of carboxylic acids is 1. The maximum Gasteiger partial charge on any atom is 0.345 e. The molecule has 1 aliphatic carbocycles. The van der Waals surface area contributed by atoms with E-state index in [2.05, 4.69) is 0 Å². The predicted molar refractivity (Wildman–Crippen MR) is 60.4 cm³/mol. The Morgan fingerprint density at radius 3 is 3.00 bits per heavy atom. The molecule has 4 heteroatoms. The van der Waals surface area contributed by atoms with Gasteiger partial charge in [0.1, 0.15) is 11.5 Å². The monoisotopic (exact) mass is 234 g/mol. The molecule has 0 aromatic heterocycles. The maximum atomic E-state index is 10.8. The van der Waals surface area contributed by atoms with E-state index in [4.69, 9.17) is 14.6 Å². The molecule has 2 aliphatic rings. The summed E-state index contributed by atoms with van der Waals surface area (Å²) < 4.78 is 11.0. The lowest BCUT2D eigenvalue weighted by atomic mass is 10.1. The van der Waals surface area contributed by atoms with Gasteiger partial charge in [-0.1, -0.05) is 6.07 Å². The van der Waals surface area contributed by atoms with Gasteiger partial charge in [-0.3, -0.25) is 0 Å². The van der Waals surface area contributed by atoms with Gasteiger partial charge in [-0.05, 0) is 30.4 Å². The smallest absolute Gasteiger partial charge is 0.345 e. The molecular weight excluding hydrogens is 220 g/mol. The lowest BCUT2D eigenvalue weighted by molar-refractivity contribution is -0.144. The number of aliphatic carboxylic acids is 1. The molecule has 0 bridgehead atoms. The second-order valence-corrected chi connectivity index (χ2v) is 4.67. The molecule has 0 saturated heterocycles. The summed E-state index contributed by atoms with van der Waals surface area (Å²) in [5.41, 5.74) is 0.941. The standard InChI is InChI=1S/C13H14O4/c14-13(15)12-5-9-3-4-10(6-11(9)17-12)16-7-8-1-2-8/h3-4,6,8,12H,1-2,5,7H2,(H,14,15). The molecule has 1 unspecified atom stereocenters. The van der Waals surface area contributed by atoms with Crippen molar-refractivity contribution in [1.29, 1.82) is 0 Å². The highest BCUT2D eigenvalue weighted by molar-refractivity contribution is 5.74. The minimum Gasteiger partial charge on any atom is -0.493 e. The zero-order valence-electron chi connectivity index (χ0n) is 9.39. The Labute approximate surface area is 99.2 Å². The summed E-state index contributed by atoms with van der Waals surface area (Å²) in [6.07, 6.45) is 2.20. The summed E-state index contributed by atoms with van der Waals surface area (Å²) in [4.78, 5) is 10.8. The van der Waals surface area contributed by atoms with Gasteiger partial charge in [-0.15, -0.1) is 0 Å². The van der Waals surface area contributed by atoms with E-state index in [9.17, 15) is 4.79 Å². The zero-order chi connectivity index (χ0) is 11.8. The van der Waals surface area contributed by atoms with Gasteiger partial charge in [0.15, 0.2) is 6.10 Å². The summed E-state index contributed by atoms with van der Waals surface area (Å²) in [5.74, 6) is 1.20. The first kappa shape index (κ1) is 10.4. The molecule has 1 N–H and O–H groups in total. The van der Waals surface area contributed by atoms with Crippen LogP contribution in [0, 0.1) is 5.92 Å². The van der Waals surface area contributed by atoms with Gasteiger partial charge in [-0.25, -0.2) is 4.79 Å². The van der Waals surface area contributed by atoms with Gasteiger partial charge in [0.25, 0.3) is 0 Å². The summed E-state index contributed by atoms with van der Waals surface area (Å²) in [7, 11) is 0. The Kier molecular flexibility index (Phi) is 2.42. The molecule has 0 amide bonds. The first-order chi connectivity index (χ1) is 8.22. The van der Waals surface area contributed by atoms with Crippen molar-refractivity contribution in [2.75, 3.05) is 6.61 Å². The molecular formula is C13H14O4. The molecule has 4 nitrogen and oxygen atoms in total. The van der Waals surface area contributed by atoms with Crippen LogP contribution in [0.2, 0.25) is 0 Å². The van der Waals surface area contributed by atoms with Crippen LogP contribution in [-0.2, 0) is 11.2 Å². The Morgan fingerprint density at radius 2 is 2.29 bits per heavy atom. The number of benzene rings is 1. The number of carbonyl (C=O) groups is 1. The van der Waals surface area contributed by atoms with E-state index in [1.807, 2.05) is 12.1 Å². The van der Waals surface area contributed by atoms with Gasteiger partial charge in [0.05, 0.1) is 6.61 Å². The first-order valence-electron chi connectivity index (χ1n) is 5.87. The van der Waals surface area contributed by atoms with Gasteiger partial charge >= 0.3 is 5.97 Å². The van der Waals surface area contributed by atoms with Gasteiger partial charge < -0.3 is 14.6 Å². The third-order valence-electron chi connectivity index (χ3n) is 3.17.